The third-order valence-electron chi connectivity index (χ3n) is 4.17. The van der Waals surface area contributed by atoms with Crippen molar-refractivity contribution in [2.24, 2.45) is 0 Å². The van der Waals surface area contributed by atoms with Gasteiger partial charge in [0.1, 0.15) is 5.60 Å². The molecule has 0 amide bonds. The van der Waals surface area contributed by atoms with Crippen LogP contribution in [-0.4, -0.2) is 23.9 Å². The molecule has 1 aliphatic carbocycles. The van der Waals surface area contributed by atoms with Gasteiger partial charge in [0, 0.05) is 0 Å². The number of hydrogen-bond donors (Lipinski definition) is 1. The predicted molar refractivity (Wildman–Crippen MR) is 74.1 cm³/mol. The van der Waals surface area contributed by atoms with Crippen LogP contribution in [0.15, 0.2) is 24.3 Å². The number of hydrogen-bond acceptors (Lipinski definition) is 3. The van der Waals surface area contributed by atoms with E-state index in [9.17, 15) is 14.3 Å². The van der Waals surface area contributed by atoms with E-state index in [0.717, 1.165) is 5.56 Å². The monoisotopic (exact) mass is 280 g/mol. The minimum absolute atomic E-state index is 0.0997. The second-order valence-electron chi connectivity index (χ2n) is 5.97. The van der Waals surface area contributed by atoms with Crippen LogP contribution in [0, 0.1) is 0 Å². The van der Waals surface area contributed by atoms with Crippen LogP contribution in [0.3, 0.4) is 0 Å². The lowest BCUT2D eigenvalue weighted by molar-refractivity contribution is -0.163. The summed E-state index contributed by atoms with van der Waals surface area (Å²) >= 11 is 0. The summed E-state index contributed by atoms with van der Waals surface area (Å²) in [6.45, 7) is 5.83. The Hall–Kier alpha value is -1.42. The Bertz CT molecular complexity index is 512. The minimum atomic E-state index is -2.06. The number of aliphatic hydroxyl groups is 1. The van der Waals surface area contributed by atoms with Crippen LogP contribution in [0.2, 0.25) is 0 Å². The zero-order chi connectivity index (χ0) is 15.0. The largest absolute Gasteiger partial charge is 0.464 e. The fourth-order valence-electron chi connectivity index (χ4n) is 2.90. The summed E-state index contributed by atoms with van der Waals surface area (Å²) in [5, 5.41) is 10.7. The number of carbonyl (C=O) groups is 1. The number of alkyl halides is 1. The summed E-state index contributed by atoms with van der Waals surface area (Å²) < 4.78 is 19.2. The molecule has 1 aromatic rings. The third kappa shape index (κ3) is 2.33. The van der Waals surface area contributed by atoms with Gasteiger partial charge in [-0.3, -0.25) is 0 Å². The Kier molecular flexibility index (Phi) is 3.87. The molecule has 0 bridgehead atoms. The molecule has 2 unspecified atom stereocenters. The fraction of sp³-hybridized carbons (Fsp3) is 0.562. The standard InChI is InChI=1S/C16H21FO3/c1-4-20-14(18)13(17)16(19)10-9-15(2,3)11-7-5-6-8-12(11)16/h5-8,13,19H,4,9-10H2,1-3H3. The highest BCUT2D eigenvalue weighted by molar-refractivity contribution is 5.77. The second kappa shape index (κ2) is 5.17. The molecule has 1 aromatic carbocycles. The second-order valence-corrected chi connectivity index (χ2v) is 5.97. The number of halogens is 1. The Morgan fingerprint density at radius 1 is 1.35 bits per heavy atom. The molecule has 0 saturated carbocycles. The van der Waals surface area contributed by atoms with Crippen molar-refractivity contribution in [2.75, 3.05) is 6.61 Å². The molecule has 0 aliphatic heterocycles. The van der Waals surface area contributed by atoms with Crippen LogP contribution in [0.1, 0.15) is 44.7 Å². The zero-order valence-electron chi connectivity index (χ0n) is 12.1. The number of rotatable bonds is 3. The van der Waals surface area contributed by atoms with Gasteiger partial charge in [0.2, 0.25) is 6.17 Å². The van der Waals surface area contributed by atoms with Crippen molar-refractivity contribution in [3.8, 4) is 0 Å². The smallest absolute Gasteiger partial charge is 0.344 e. The molecular formula is C16H21FO3. The first kappa shape index (κ1) is 15.0. The van der Waals surface area contributed by atoms with Crippen molar-refractivity contribution < 1.29 is 19.0 Å². The Morgan fingerprint density at radius 2 is 1.95 bits per heavy atom. The van der Waals surface area contributed by atoms with Gasteiger partial charge < -0.3 is 9.84 Å². The van der Waals surface area contributed by atoms with E-state index in [1.165, 1.54) is 0 Å². The lowest BCUT2D eigenvalue weighted by atomic mass is 9.65. The highest BCUT2D eigenvalue weighted by Gasteiger charge is 2.50. The minimum Gasteiger partial charge on any atom is -0.464 e. The van der Waals surface area contributed by atoms with Gasteiger partial charge in [0.25, 0.3) is 0 Å². The van der Waals surface area contributed by atoms with E-state index in [0.29, 0.717) is 12.0 Å². The maximum Gasteiger partial charge on any atom is 0.344 e. The van der Waals surface area contributed by atoms with E-state index in [-0.39, 0.29) is 18.4 Å². The molecule has 2 atom stereocenters. The topological polar surface area (TPSA) is 46.5 Å². The molecule has 0 spiro atoms. The molecule has 2 rings (SSSR count). The maximum atomic E-state index is 14.5. The molecule has 1 N–H and O–H groups in total. The van der Waals surface area contributed by atoms with E-state index in [1.54, 1.807) is 19.1 Å². The number of carbonyl (C=O) groups excluding carboxylic acids is 1. The summed E-state index contributed by atoms with van der Waals surface area (Å²) in [6, 6.07) is 7.20. The molecule has 4 heteroatoms. The van der Waals surface area contributed by atoms with Crippen molar-refractivity contribution in [3.05, 3.63) is 35.4 Å². The molecule has 3 nitrogen and oxygen atoms in total. The average Bonchev–Trinajstić information content (AvgIpc) is 2.43. The molecular weight excluding hydrogens is 259 g/mol. The summed E-state index contributed by atoms with van der Waals surface area (Å²) in [5.74, 6) is -0.996. The van der Waals surface area contributed by atoms with Crippen molar-refractivity contribution in [1.82, 2.24) is 0 Å². The zero-order valence-corrected chi connectivity index (χ0v) is 12.1. The normalized spacial score (nSPS) is 25.6. The molecule has 1 aliphatic rings. The lowest BCUT2D eigenvalue weighted by Crippen LogP contribution is -2.47. The van der Waals surface area contributed by atoms with E-state index in [4.69, 9.17) is 4.74 Å². The summed E-state index contributed by atoms with van der Waals surface area (Å²) in [4.78, 5) is 11.7. The number of esters is 1. The quantitative estimate of drug-likeness (QED) is 0.866. The molecule has 0 radical (unpaired) electrons. The lowest BCUT2D eigenvalue weighted by Gasteiger charge is -2.43. The van der Waals surface area contributed by atoms with Crippen LogP contribution < -0.4 is 0 Å². The summed E-state index contributed by atoms with van der Waals surface area (Å²) in [7, 11) is 0. The molecule has 20 heavy (non-hydrogen) atoms. The molecule has 0 fully saturated rings. The van der Waals surface area contributed by atoms with Crippen LogP contribution >= 0.6 is 0 Å². The van der Waals surface area contributed by atoms with E-state index in [2.05, 4.69) is 13.8 Å². The van der Waals surface area contributed by atoms with E-state index < -0.39 is 17.7 Å². The molecule has 0 saturated heterocycles. The van der Waals surface area contributed by atoms with Crippen molar-refractivity contribution in [3.63, 3.8) is 0 Å². The fourth-order valence-corrected chi connectivity index (χ4v) is 2.90. The van der Waals surface area contributed by atoms with Gasteiger partial charge >= 0.3 is 5.97 Å². The van der Waals surface area contributed by atoms with Gasteiger partial charge in [-0.15, -0.1) is 0 Å². The van der Waals surface area contributed by atoms with Crippen molar-refractivity contribution >= 4 is 5.97 Å². The summed E-state index contributed by atoms with van der Waals surface area (Å²) in [5.41, 5.74) is -0.548. The van der Waals surface area contributed by atoms with Crippen LogP contribution in [-0.2, 0) is 20.5 Å². The van der Waals surface area contributed by atoms with Gasteiger partial charge in [-0.1, -0.05) is 38.1 Å². The first-order chi connectivity index (χ1) is 9.33. The Morgan fingerprint density at radius 3 is 2.55 bits per heavy atom. The van der Waals surface area contributed by atoms with Crippen LogP contribution in [0.25, 0.3) is 0 Å². The first-order valence-electron chi connectivity index (χ1n) is 6.96. The van der Waals surface area contributed by atoms with Gasteiger partial charge in [-0.2, -0.15) is 0 Å². The van der Waals surface area contributed by atoms with Crippen LogP contribution in [0.4, 0.5) is 4.39 Å². The Balaban J connectivity index is 2.45. The molecule has 0 heterocycles. The van der Waals surface area contributed by atoms with Crippen LogP contribution in [0.5, 0.6) is 0 Å². The van der Waals surface area contributed by atoms with Crippen molar-refractivity contribution in [2.45, 2.75) is 50.8 Å². The third-order valence-corrected chi connectivity index (χ3v) is 4.17. The number of ether oxygens (including phenoxy) is 1. The first-order valence-corrected chi connectivity index (χ1v) is 6.96. The summed E-state index contributed by atoms with van der Waals surface area (Å²) in [6.07, 6.45) is -1.24. The highest BCUT2D eigenvalue weighted by atomic mass is 19.1. The van der Waals surface area contributed by atoms with Gasteiger partial charge in [-0.25, -0.2) is 9.18 Å². The Labute approximate surface area is 118 Å². The molecule has 110 valence electrons. The maximum absolute atomic E-state index is 14.5. The molecule has 0 aromatic heterocycles. The average molecular weight is 280 g/mol. The van der Waals surface area contributed by atoms with Crippen molar-refractivity contribution in [1.29, 1.82) is 0 Å². The van der Waals surface area contributed by atoms with Gasteiger partial charge in [0.15, 0.2) is 0 Å². The predicted octanol–water partition coefficient (Wildman–Crippen LogP) is 2.85. The van der Waals surface area contributed by atoms with Gasteiger partial charge in [-0.05, 0) is 36.3 Å². The van der Waals surface area contributed by atoms with Gasteiger partial charge in [0.05, 0.1) is 6.61 Å². The number of benzene rings is 1. The van der Waals surface area contributed by atoms with E-state index >= 15 is 0 Å². The highest BCUT2D eigenvalue weighted by Crippen LogP contribution is 2.47. The van der Waals surface area contributed by atoms with E-state index in [1.807, 2.05) is 12.1 Å². The number of fused-ring (bicyclic) bond motifs is 1. The SMILES string of the molecule is CCOC(=O)C(F)C1(O)CCC(C)(C)c2ccccc21.